The Hall–Kier alpha value is -1.27. The molecule has 0 nitrogen and oxygen atoms in total. The summed E-state index contributed by atoms with van der Waals surface area (Å²) in [4.78, 5) is 0. The number of fused-ring (bicyclic) bond motifs is 1. The van der Waals surface area contributed by atoms with Crippen molar-refractivity contribution in [3.05, 3.63) is 71.3 Å². The number of hydrogen-bond donors (Lipinski definition) is 0. The molecule has 18 heavy (non-hydrogen) atoms. The van der Waals surface area contributed by atoms with Crippen molar-refractivity contribution in [1.82, 2.24) is 0 Å². The van der Waals surface area contributed by atoms with E-state index in [-0.39, 0.29) is 0 Å². The molecule has 2 rings (SSSR count). The molecule has 0 saturated heterocycles. The molecule has 0 unspecified atom stereocenters. The van der Waals surface area contributed by atoms with Gasteiger partial charge in [0.1, 0.15) is 0 Å². The van der Waals surface area contributed by atoms with Crippen molar-refractivity contribution in [2.24, 2.45) is 0 Å². The lowest BCUT2D eigenvalue weighted by molar-refractivity contribution is 0.787. The Morgan fingerprint density at radius 2 is 2.06 bits per heavy atom. The van der Waals surface area contributed by atoms with E-state index < -0.39 is 0 Å². The van der Waals surface area contributed by atoms with Gasteiger partial charge in [-0.2, -0.15) is 0 Å². The van der Waals surface area contributed by atoms with Crippen LogP contribution in [0.5, 0.6) is 0 Å². The number of hydrogen-bond acceptors (Lipinski definition) is 0. The first-order valence-electron chi connectivity index (χ1n) is 6.49. The Bertz CT molecular complexity index is 455. The first-order chi connectivity index (χ1) is 8.76. The standard InChI is InChI=1S/C15H15Cl.C2H6/c1-3-5-11(4-2)14-8-6-12-10-13(16)7-9-15(12)14;1-2/h3-5,7,9-10,14H,1-2,6,8H2;1-2H3/b11-5+;/t14-;/m1./s1. The van der Waals surface area contributed by atoms with Crippen LogP contribution in [0.15, 0.2) is 55.2 Å². The Balaban J connectivity index is 0.000000771. The van der Waals surface area contributed by atoms with E-state index in [4.69, 9.17) is 11.6 Å². The van der Waals surface area contributed by atoms with Gasteiger partial charge in [0.05, 0.1) is 0 Å². The third-order valence-corrected chi connectivity index (χ3v) is 3.37. The second-order valence-corrected chi connectivity index (χ2v) is 4.48. The highest BCUT2D eigenvalue weighted by Gasteiger charge is 2.23. The van der Waals surface area contributed by atoms with Gasteiger partial charge in [-0.3, -0.25) is 0 Å². The van der Waals surface area contributed by atoms with Gasteiger partial charge in [-0.1, -0.05) is 62.9 Å². The second-order valence-electron chi connectivity index (χ2n) is 4.04. The van der Waals surface area contributed by atoms with Gasteiger partial charge in [-0.25, -0.2) is 0 Å². The predicted octanol–water partition coefficient (Wildman–Crippen LogP) is 5.69. The molecule has 1 aromatic carbocycles. The van der Waals surface area contributed by atoms with Crippen LogP contribution < -0.4 is 0 Å². The van der Waals surface area contributed by atoms with E-state index in [9.17, 15) is 0 Å². The predicted molar refractivity (Wildman–Crippen MR) is 82.3 cm³/mol. The van der Waals surface area contributed by atoms with Crippen molar-refractivity contribution in [1.29, 1.82) is 0 Å². The SMILES string of the molecule is C=C/C=C(\C=C)[C@H]1CCc2cc(Cl)ccc21.CC. The van der Waals surface area contributed by atoms with E-state index in [0.29, 0.717) is 5.92 Å². The highest BCUT2D eigenvalue weighted by Crippen LogP contribution is 2.39. The fraction of sp³-hybridized carbons (Fsp3) is 0.294. The molecule has 0 N–H and O–H groups in total. The van der Waals surface area contributed by atoms with Crippen LogP contribution in [-0.2, 0) is 6.42 Å². The van der Waals surface area contributed by atoms with Crippen LogP contribution in [0.25, 0.3) is 0 Å². The van der Waals surface area contributed by atoms with Gasteiger partial charge in [0.25, 0.3) is 0 Å². The zero-order valence-electron chi connectivity index (χ0n) is 11.2. The molecular weight excluding hydrogens is 240 g/mol. The summed E-state index contributed by atoms with van der Waals surface area (Å²) < 4.78 is 0. The topological polar surface area (TPSA) is 0 Å². The van der Waals surface area contributed by atoms with Crippen molar-refractivity contribution in [3.8, 4) is 0 Å². The number of allylic oxidation sites excluding steroid dienone is 4. The third-order valence-electron chi connectivity index (χ3n) is 3.13. The van der Waals surface area contributed by atoms with Crippen molar-refractivity contribution < 1.29 is 0 Å². The molecule has 1 aromatic rings. The number of halogens is 1. The molecule has 0 aromatic heterocycles. The van der Waals surface area contributed by atoms with Crippen LogP contribution in [0.1, 0.15) is 37.3 Å². The molecule has 0 aliphatic heterocycles. The molecule has 0 heterocycles. The van der Waals surface area contributed by atoms with Gasteiger partial charge in [-0.15, -0.1) is 0 Å². The van der Waals surface area contributed by atoms with Crippen molar-refractivity contribution in [2.45, 2.75) is 32.6 Å². The van der Waals surface area contributed by atoms with Gasteiger partial charge < -0.3 is 0 Å². The molecule has 1 aliphatic rings. The first-order valence-corrected chi connectivity index (χ1v) is 6.87. The lowest BCUT2D eigenvalue weighted by atomic mass is 9.92. The summed E-state index contributed by atoms with van der Waals surface area (Å²) in [6, 6.07) is 6.18. The fourth-order valence-corrected chi connectivity index (χ4v) is 2.59. The number of aryl methyl sites for hydroxylation is 1. The summed E-state index contributed by atoms with van der Waals surface area (Å²) in [5, 5.41) is 0.826. The van der Waals surface area contributed by atoms with E-state index in [1.807, 2.05) is 38.1 Å². The highest BCUT2D eigenvalue weighted by molar-refractivity contribution is 6.30. The number of rotatable bonds is 3. The average Bonchev–Trinajstić information content (AvgIpc) is 2.81. The van der Waals surface area contributed by atoms with Gasteiger partial charge in [-0.05, 0) is 41.7 Å². The molecule has 1 atom stereocenters. The zero-order chi connectivity index (χ0) is 13.5. The molecule has 1 aliphatic carbocycles. The van der Waals surface area contributed by atoms with Gasteiger partial charge >= 0.3 is 0 Å². The number of benzene rings is 1. The minimum absolute atomic E-state index is 0.461. The van der Waals surface area contributed by atoms with E-state index >= 15 is 0 Å². The van der Waals surface area contributed by atoms with Gasteiger partial charge in [0.2, 0.25) is 0 Å². The molecule has 0 bridgehead atoms. The summed E-state index contributed by atoms with van der Waals surface area (Å²) in [5.74, 6) is 0.461. The third kappa shape index (κ3) is 3.14. The lowest BCUT2D eigenvalue weighted by Gasteiger charge is -2.12. The molecule has 96 valence electrons. The molecule has 0 saturated carbocycles. The van der Waals surface area contributed by atoms with E-state index in [0.717, 1.165) is 17.9 Å². The Kier molecular flexibility index (Phi) is 5.94. The summed E-state index contributed by atoms with van der Waals surface area (Å²) >= 11 is 5.99. The maximum atomic E-state index is 5.99. The lowest BCUT2D eigenvalue weighted by Crippen LogP contribution is -1.95. The Morgan fingerprint density at radius 1 is 1.33 bits per heavy atom. The van der Waals surface area contributed by atoms with Crippen LogP contribution in [0.2, 0.25) is 5.02 Å². The smallest absolute Gasteiger partial charge is 0.0408 e. The molecule has 0 spiro atoms. The quantitative estimate of drug-likeness (QED) is 0.612. The highest BCUT2D eigenvalue weighted by atomic mass is 35.5. The maximum Gasteiger partial charge on any atom is 0.0408 e. The normalized spacial score (nSPS) is 17.5. The van der Waals surface area contributed by atoms with Gasteiger partial charge in [0, 0.05) is 10.9 Å². The molecule has 0 fully saturated rings. The molecular formula is C17H21Cl. The van der Waals surface area contributed by atoms with Crippen molar-refractivity contribution in [2.75, 3.05) is 0 Å². The average molecular weight is 261 g/mol. The van der Waals surface area contributed by atoms with Crippen molar-refractivity contribution >= 4 is 11.6 Å². The summed E-state index contributed by atoms with van der Waals surface area (Å²) in [7, 11) is 0. The zero-order valence-corrected chi connectivity index (χ0v) is 12.0. The van der Waals surface area contributed by atoms with E-state index in [1.165, 1.54) is 16.7 Å². The van der Waals surface area contributed by atoms with Crippen LogP contribution in [-0.4, -0.2) is 0 Å². The Labute approximate surface area is 116 Å². The summed E-state index contributed by atoms with van der Waals surface area (Å²) in [6.45, 7) is 11.6. The second kappa shape index (κ2) is 7.23. The monoisotopic (exact) mass is 260 g/mol. The fourth-order valence-electron chi connectivity index (χ4n) is 2.39. The van der Waals surface area contributed by atoms with Gasteiger partial charge in [0.15, 0.2) is 0 Å². The van der Waals surface area contributed by atoms with Crippen LogP contribution in [0.3, 0.4) is 0 Å². The van der Waals surface area contributed by atoms with E-state index in [1.54, 1.807) is 0 Å². The maximum absolute atomic E-state index is 5.99. The molecule has 1 heteroatoms. The largest absolute Gasteiger partial charge is 0.0991 e. The van der Waals surface area contributed by atoms with Crippen LogP contribution in [0.4, 0.5) is 0 Å². The van der Waals surface area contributed by atoms with Crippen molar-refractivity contribution in [3.63, 3.8) is 0 Å². The first kappa shape index (κ1) is 14.8. The minimum atomic E-state index is 0.461. The Morgan fingerprint density at radius 3 is 2.67 bits per heavy atom. The molecule has 0 radical (unpaired) electrons. The summed E-state index contributed by atoms with van der Waals surface area (Å²) in [5.41, 5.74) is 4.00. The van der Waals surface area contributed by atoms with Crippen LogP contribution in [0, 0.1) is 0 Å². The minimum Gasteiger partial charge on any atom is -0.0991 e. The summed E-state index contributed by atoms with van der Waals surface area (Å²) in [6.07, 6.45) is 8.03. The van der Waals surface area contributed by atoms with Crippen LogP contribution >= 0.6 is 11.6 Å². The van der Waals surface area contributed by atoms with E-state index in [2.05, 4.69) is 25.3 Å². The molecule has 0 amide bonds.